The highest BCUT2D eigenvalue weighted by Crippen LogP contribution is 2.31. The first-order valence-corrected chi connectivity index (χ1v) is 9.37. The summed E-state index contributed by atoms with van der Waals surface area (Å²) < 4.78 is 4.87. The lowest BCUT2D eigenvalue weighted by Crippen LogP contribution is -2.27. The number of nitrogens with one attached hydrogen (secondary N) is 1. The smallest absolute Gasteiger partial charge is 0.311 e. The summed E-state index contributed by atoms with van der Waals surface area (Å²) in [6, 6.07) is 7.25. The van der Waals surface area contributed by atoms with Crippen LogP contribution in [-0.2, 0) is 20.7 Å². The Morgan fingerprint density at radius 1 is 1.30 bits per heavy atom. The second-order valence-electron chi connectivity index (χ2n) is 5.87. The average molecular weight is 385 g/mol. The molecule has 7 nitrogen and oxygen atoms in total. The fourth-order valence-electron chi connectivity index (χ4n) is 2.77. The van der Waals surface area contributed by atoms with Crippen molar-refractivity contribution in [2.45, 2.75) is 19.8 Å². The van der Waals surface area contributed by atoms with Gasteiger partial charge in [-0.3, -0.25) is 14.4 Å². The number of anilines is 1. The van der Waals surface area contributed by atoms with Crippen LogP contribution in [0.5, 0.6) is 0 Å². The maximum Gasteiger partial charge on any atom is 0.311 e. The first-order chi connectivity index (χ1) is 13.0. The van der Waals surface area contributed by atoms with Crippen LogP contribution < -0.4 is 5.32 Å². The minimum Gasteiger partial charge on any atom is -0.466 e. The van der Waals surface area contributed by atoms with Gasteiger partial charge in [0.15, 0.2) is 5.13 Å². The van der Waals surface area contributed by atoms with E-state index >= 15 is 0 Å². The van der Waals surface area contributed by atoms with E-state index in [4.69, 9.17) is 4.74 Å². The molecule has 0 radical (unpaired) electrons. The lowest BCUT2D eigenvalue weighted by molar-refractivity contribution is -0.142. The molecule has 0 saturated heterocycles. The zero-order valence-electron chi connectivity index (χ0n) is 14.9. The zero-order chi connectivity index (χ0) is 19.4. The Balaban J connectivity index is 1.52. The topological polar surface area (TPSA) is 88.6 Å². The molecule has 8 heteroatoms. The maximum absolute atomic E-state index is 12.4. The maximum atomic E-state index is 12.4. The van der Waals surface area contributed by atoms with Gasteiger partial charge >= 0.3 is 5.97 Å². The van der Waals surface area contributed by atoms with Gasteiger partial charge in [0.05, 0.1) is 18.7 Å². The van der Waals surface area contributed by atoms with Crippen molar-refractivity contribution in [2.24, 2.45) is 0 Å². The molecule has 0 atom stereocenters. The Labute approximate surface area is 160 Å². The first kappa shape index (κ1) is 18.8. The van der Waals surface area contributed by atoms with Crippen molar-refractivity contribution in [3.05, 3.63) is 53.0 Å². The van der Waals surface area contributed by atoms with E-state index in [-0.39, 0.29) is 37.2 Å². The van der Waals surface area contributed by atoms with Gasteiger partial charge in [0.1, 0.15) is 0 Å². The number of benzene rings is 1. The molecule has 2 aromatic rings. The second kappa shape index (κ2) is 8.13. The van der Waals surface area contributed by atoms with Crippen molar-refractivity contribution in [1.82, 2.24) is 9.88 Å². The van der Waals surface area contributed by atoms with Gasteiger partial charge in [-0.25, -0.2) is 4.98 Å². The zero-order valence-corrected chi connectivity index (χ0v) is 15.7. The van der Waals surface area contributed by atoms with Gasteiger partial charge in [0, 0.05) is 35.2 Å². The van der Waals surface area contributed by atoms with Gasteiger partial charge in [0.25, 0.3) is 5.91 Å². The number of esters is 1. The van der Waals surface area contributed by atoms with Crippen LogP contribution in [0, 0.1) is 0 Å². The molecule has 0 saturated carbocycles. The average Bonchev–Trinajstić information content (AvgIpc) is 3.17. The molecule has 0 fully saturated rings. The summed E-state index contributed by atoms with van der Waals surface area (Å²) in [6.45, 7) is 6.25. The van der Waals surface area contributed by atoms with E-state index in [2.05, 4.69) is 16.9 Å². The Morgan fingerprint density at radius 2 is 2.04 bits per heavy atom. The van der Waals surface area contributed by atoms with Crippen LogP contribution in [0.1, 0.15) is 35.0 Å². The number of hydrogen-bond donors (Lipinski definition) is 1. The molecule has 140 valence electrons. The molecule has 0 bridgehead atoms. The third-order valence-corrected chi connectivity index (χ3v) is 4.84. The van der Waals surface area contributed by atoms with Crippen LogP contribution in [0.15, 0.2) is 36.2 Å². The molecule has 3 rings (SSSR count). The minimum atomic E-state index is -0.355. The third kappa shape index (κ3) is 4.22. The van der Waals surface area contributed by atoms with Crippen molar-refractivity contribution in [3.8, 4) is 0 Å². The number of carbonyl (C=O) groups is 3. The highest BCUT2D eigenvalue weighted by atomic mass is 32.1. The number of fused-ring (bicyclic) bond motifs is 1. The van der Waals surface area contributed by atoms with Crippen molar-refractivity contribution in [1.29, 1.82) is 0 Å². The molecule has 1 aliphatic heterocycles. The van der Waals surface area contributed by atoms with Crippen molar-refractivity contribution >= 4 is 39.9 Å². The number of ether oxygens (including phenoxy) is 1. The van der Waals surface area contributed by atoms with E-state index in [1.54, 1.807) is 24.4 Å². The summed E-state index contributed by atoms with van der Waals surface area (Å²) in [6.07, 6.45) is 0.187. The number of thiazole rings is 1. The highest BCUT2D eigenvalue weighted by molar-refractivity contribution is 7.13. The fourth-order valence-corrected chi connectivity index (χ4v) is 3.50. The van der Waals surface area contributed by atoms with Gasteiger partial charge in [-0.05, 0) is 13.0 Å². The van der Waals surface area contributed by atoms with Gasteiger partial charge in [0.2, 0.25) is 5.91 Å². The normalized spacial score (nSPS) is 12.9. The Kier molecular flexibility index (Phi) is 5.66. The molecule has 2 heterocycles. The van der Waals surface area contributed by atoms with Crippen LogP contribution in [0.4, 0.5) is 5.13 Å². The second-order valence-corrected chi connectivity index (χ2v) is 6.73. The monoisotopic (exact) mass is 385 g/mol. The van der Waals surface area contributed by atoms with E-state index in [0.29, 0.717) is 28.7 Å². The molecule has 0 spiro atoms. The van der Waals surface area contributed by atoms with E-state index in [9.17, 15) is 14.4 Å². The van der Waals surface area contributed by atoms with Crippen LogP contribution in [0.2, 0.25) is 0 Å². The lowest BCUT2D eigenvalue weighted by Gasteiger charge is -2.16. The van der Waals surface area contributed by atoms with E-state index in [1.807, 2.05) is 12.1 Å². The van der Waals surface area contributed by atoms with Gasteiger partial charge in [-0.2, -0.15) is 0 Å². The number of nitrogens with zero attached hydrogens (tertiary/aromatic N) is 2. The molecule has 1 aliphatic rings. The van der Waals surface area contributed by atoms with Crippen LogP contribution >= 0.6 is 11.3 Å². The van der Waals surface area contributed by atoms with Crippen LogP contribution in [-0.4, -0.2) is 40.8 Å². The van der Waals surface area contributed by atoms with Crippen molar-refractivity contribution < 1.29 is 19.1 Å². The molecular weight excluding hydrogens is 366 g/mol. The molecule has 0 aliphatic carbocycles. The quantitative estimate of drug-likeness (QED) is 0.741. The number of aromatic nitrogens is 1. The largest absolute Gasteiger partial charge is 0.466 e. The molecule has 1 N–H and O–H groups in total. The summed E-state index contributed by atoms with van der Waals surface area (Å²) in [4.78, 5) is 41.8. The number of rotatable bonds is 7. The number of amides is 2. The molecule has 1 aromatic carbocycles. The molecule has 0 unspecified atom stereocenters. The Morgan fingerprint density at radius 3 is 2.74 bits per heavy atom. The van der Waals surface area contributed by atoms with Gasteiger partial charge < -0.3 is 15.0 Å². The van der Waals surface area contributed by atoms with Crippen molar-refractivity contribution in [3.63, 3.8) is 0 Å². The highest BCUT2D eigenvalue weighted by Gasteiger charge is 2.30. The summed E-state index contributed by atoms with van der Waals surface area (Å²) in [5, 5.41) is 4.81. The van der Waals surface area contributed by atoms with Crippen LogP contribution in [0.3, 0.4) is 0 Å². The SMILES string of the molecule is C=C1c2ccccc2C(=O)N1CCC(=O)Nc1nc(CC(=O)OCC)cs1. The van der Waals surface area contributed by atoms with Gasteiger partial charge in [-0.15, -0.1) is 11.3 Å². The Hall–Kier alpha value is -3.00. The van der Waals surface area contributed by atoms with Crippen molar-refractivity contribution in [2.75, 3.05) is 18.5 Å². The van der Waals surface area contributed by atoms with Crippen LogP contribution in [0.25, 0.3) is 5.70 Å². The molecule has 1 aromatic heterocycles. The van der Waals surface area contributed by atoms with E-state index in [0.717, 1.165) is 5.56 Å². The molecule has 27 heavy (non-hydrogen) atoms. The molecule has 2 amide bonds. The predicted molar refractivity (Wildman–Crippen MR) is 102 cm³/mol. The standard InChI is InChI=1S/C19H19N3O4S/c1-3-26-17(24)10-13-11-27-19(20-13)21-16(23)8-9-22-12(2)14-6-4-5-7-15(14)18(22)25/h4-7,11H,2-3,8-10H2,1H3,(H,20,21,23). The summed E-state index contributed by atoms with van der Waals surface area (Å²) in [5.74, 6) is -0.760. The minimum absolute atomic E-state index is 0.0700. The number of carbonyl (C=O) groups excluding carboxylic acids is 3. The summed E-state index contributed by atoms with van der Waals surface area (Å²) in [7, 11) is 0. The number of hydrogen-bond acceptors (Lipinski definition) is 6. The van der Waals surface area contributed by atoms with E-state index in [1.165, 1.54) is 16.2 Å². The van der Waals surface area contributed by atoms with E-state index < -0.39 is 0 Å². The fraction of sp³-hybridized carbons (Fsp3) is 0.263. The van der Waals surface area contributed by atoms with Gasteiger partial charge in [-0.1, -0.05) is 24.8 Å². The third-order valence-electron chi connectivity index (χ3n) is 4.03. The first-order valence-electron chi connectivity index (χ1n) is 8.49. The summed E-state index contributed by atoms with van der Waals surface area (Å²) >= 11 is 1.24. The Bertz CT molecular complexity index is 871. The summed E-state index contributed by atoms with van der Waals surface area (Å²) in [5.41, 5.74) is 2.56. The molecular formula is C19H19N3O4S. The predicted octanol–water partition coefficient (Wildman–Crippen LogP) is 2.70. The lowest BCUT2D eigenvalue weighted by atomic mass is 10.1.